The highest BCUT2D eigenvalue weighted by Crippen LogP contribution is 2.27. The molecule has 0 bridgehead atoms. The molecule has 2 amide bonds. The van der Waals surface area contributed by atoms with Gasteiger partial charge in [-0.1, -0.05) is 71.5 Å². The number of rotatable bonds is 7. The lowest BCUT2D eigenvalue weighted by Gasteiger charge is -2.23. The number of nitrogens with zero attached hydrogens (tertiary/aromatic N) is 3. The van der Waals surface area contributed by atoms with Gasteiger partial charge in [-0.3, -0.25) is 14.9 Å². The SMILES string of the molecule is Cc1ccc(-c2nnc(NC(=O)C3CCCN3C(=O)COCc3ccccc3)s2)cc1. The first kappa shape index (κ1) is 21.1. The number of carbonyl (C=O) groups is 2. The van der Waals surface area contributed by atoms with Crippen LogP contribution in [0.5, 0.6) is 0 Å². The molecular formula is C23H24N4O3S. The average Bonchev–Trinajstić information content (AvgIpc) is 3.45. The highest BCUT2D eigenvalue weighted by atomic mass is 32.1. The van der Waals surface area contributed by atoms with Crippen LogP contribution in [-0.4, -0.2) is 46.1 Å². The Labute approximate surface area is 185 Å². The number of hydrogen-bond donors (Lipinski definition) is 1. The predicted molar refractivity (Wildman–Crippen MR) is 120 cm³/mol. The molecule has 31 heavy (non-hydrogen) atoms. The van der Waals surface area contributed by atoms with Crippen molar-refractivity contribution < 1.29 is 14.3 Å². The van der Waals surface area contributed by atoms with E-state index >= 15 is 0 Å². The van der Waals surface area contributed by atoms with E-state index in [2.05, 4.69) is 15.5 Å². The van der Waals surface area contributed by atoms with E-state index in [1.165, 1.54) is 16.9 Å². The minimum absolute atomic E-state index is 0.0466. The van der Waals surface area contributed by atoms with E-state index < -0.39 is 6.04 Å². The second-order valence-electron chi connectivity index (χ2n) is 7.49. The molecule has 2 heterocycles. The minimum Gasteiger partial charge on any atom is -0.367 e. The first-order valence-corrected chi connectivity index (χ1v) is 11.0. The number of aryl methyl sites for hydroxylation is 1. The maximum atomic E-state index is 12.8. The van der Waals surface area contributed by atoms with Crippen LogP contribution in [0.25, 0.3) is 10.6 Å². The quantitative estimate of drug-likeness (QED) is 0.611. The fraction of sp³-hybridized carbons (Fsp3) is 0.304. The van der Waals surface area contributed by atoms with Crippen LogP contribution < -0.4 is 5.32 Å². The van der Waals surface area contributed by atoms with E-state index in [1.54, 1.807) is 4.90 Å². The van der Waals surface area contributed by atoms with Crippen molar-refractivity contribution in [1.82, 2.24) is 15.1 Å². The molecule has 2 aromatic carbocycles. The molecule has 1 aliphatic rings. The van der Waals surface area contributed by atoms with Gasteiger partial charge in [0.1, 0.15) is 17.7 Å². The molecule has 1 N–H and O–H groups in total. The first-order valence-electron chi connectivity index (χ1n) is 10.2. The zero-order valence-electron chi connectivity index (χ0n) is 17.3. The van der Waals surface area contributed by atoms with Gasteiger partial charge in [0.25, 0.3) is 0 Å². The predicted octanol–water partition coefficient (Wildman–Crippen LogP) is 3.66. The van der Waals surface area contributed by atoms with Crippen LogP contribution in [-0.2, 0) is 20.9 Å². The van der Waals surface area contributed by atoms with Gasteiger partial charge in [-0.05, 0) is 25.3 Å². The van der Waals surface area contributed by atoms with Crippen molar-refractivity contribution in [3.05, 3.63) is 65.7 Å². The van der Waals surface area contributed by atoms with Crippen LogP contribution in [0.15, 0.2) is 54.6 Å². The average molecular weight is 437 g/mol. The Hall–Kier alpha value is -3.10. The number of carbonyl (C=O) groups excluding carboxylic acids is 2. The lowest BCUT2D eigenvalue weighted by molar-refractivity contribution is -0.140. The molecule has 160 valence electrons. The molecule has 1 aliphatic heterocycles. The van der Waals surface area contributed by atoms with Gasteiger partial charge in [0, 0.05) is 12.1 Å². The molecule has 1 saturated heterocycles. The van der Waals surface area contributed by atoms with Gasteiger partial charge in [-0.2, -0.15) is 0 Å². The van der Waals surface area contributed by atoms with E-state index in [0.29, 0.717) is 24.7 Å². The Balaban J connectivity index is 1.32. The Kier molecular flexibility index (Phi) is 6.69. The summed E-state index contributed by atoms with van der Waals surface area (Å²) in [6.07, 6.45) is 1.41. The molecule has 0 radical (unpaired) electrons. The van der Waals surface area contributed by atoms with Crippen LogP contribution >= 0.6 is 11.3 Å². The fourth-order valence-corrected chi connectivity index (χ4v) is 4.28. The van der Waals surface area contributed by atoms with E-state index in [0.717, 1.165) is 22.6 Å². The molecule has 0 saturated carbocycles. The number of likely N-dealkylation sites (tertiary alicyclic amines) is 1. The second-order valence-corrected chi connectivity index (χ2v) is 8.47. The van der Waals surface area contributed by atoms with E-state index in [9.17, 15) is 9.59 Å². The van der Waals surface area contributed by atoms with Gasteiger partial charge in [-0.15, -0.1) is 10.2 Å². The summed E-state index contributed by atoms with van der Waals surface area (Å²) in [6, 6.07) is 17.2. The summed E-state index contributed by atoms with van der Waals surface area (Å²) in [4.78, 5) is 27.0. The molecule has 1 atom stereocenters. The normalized spacial score (nSPS) is 15.8. The van der Waals surface area contributed by atoms with Gasteiger partial charge >= 0.3 is 0 Å². The van der Waals surface area contributed by atoms with E-state index in [1.807, 2.05) is 61.5 Å². The number of hydrogen-bond acceptors (Lipinski definition) is 6. The number of amides is 2. The molecule has 1 unspecified atom stereocenters. The highest BCUT2D eigenvalue weighted by Gasteiger charge is 2.34. The third kappa shape index (κ3) is 5.34. The third-order valence-corrected chi connectivity index (χ3v) is 6.05. The van der Waals surface area contributed by atoms with Crippen LogP contribution in [0.3, 0.4) is 0 Å². The van der Waals surface area contributed by atoms with E-state index in [4.69, 9.17) is 4.74 Å². The van der Waals surface area contributed by atoms with Gasteiger partial charge in [-0.25, -0.2) is 0 Å². The van der Waals surface area contributed by atoms with Gasteiger partial charge < -0.3 is 9.64 Å². The smallest absolute Gasteiger partial charge is 0.249 e. The van der Waals surface area contributed by atoms with Crippen molar-refractivity contribution in [2.75, 3.05) is 18.5 Å². The van der Waals surface area contributed by atoms with Crippen LogP contribution in [0.4, 0.5) is 5.13 Å². The van der Waals surface area contributed by atoms with Gasteiger partial charge in [0.05, 0.1) is 6.61 Å². The lowest BCUT2D eigenvalue weighted by Crippen LogP contribution is -2.44. The Bertz CT molecular complexity index is 1040. The zero-order valence-corrected chi connectivity index (χ0v) is 18.1. The summed E-state index contributed by atoms with van der Waals surface area (Å²) in [5.41, 5.74) is 3.13. The summed E-state index contributed by atoms with van der Waals surface area (Å²) < 4.78 is 5.56. The number of anilines is 1. The van der Waals surface area contributed by atoms with Gasteiger partial charge in [0.2, 0.25) is 16.9 Å². The molecule has 3 aromatic rings. The highest BCUT2D eigenvalue weighted by molar-refractivity contribution is 7.18. The minimum atomic E-state index is -0.514. The molecular weight excluding hydrogens is 412 g/mol. The standard InChI is InChI=1S/C23H24N4O3S/c1-16-9-11-18(12-10-16)22-25-26-23(31-22)24-21(29)19-8-5-13-27(19)20(28)15-30-14-17-6-3-2-4-7-17/h2-4,6-7,9-12,19H,5,8,13-15H2,1H3,(H,24,26,29). The Morgan fingerprint density at radius 1 is 1.13 bits per heavy atom. The molecule has 4 rings (SSSR count). The summed E-state index contributed by atoms with van der Waals surface area (Å²) in [5.74, 6) is -0.410. The molecule has 0 aliphatic carbocycles. The van der Waals surface area contributed by atoms with Crippen LogP contribution in [0, 0.1) is 6.92 Å². The van der Waals surface area contributed by atoms with Crippen molar-refractivity contribution in [3.8, 4) is 10.6 Å². The third-order valence-electron chi connectivity index (χ3n) is 5.17. The molecule has 7 nitrogen and oxygen atoms in total. The lowest BCUT2D eigenvalue weighted by atomic mass is 10.2. The molecule has 0 spiro atoms. The van der Waals surface area contributed by atoms with Crippen molar-refractivity contribution in [2.24, 2.45) is 0 Å². The monoisotopic (exact) mass is 436 g/mol. The van der Waals surface area contributed by atoms with E-state index in [-0.39, 0.29) is 18.4 Å². The summed E-state index contributed by atoms with van der Waals surface area (Å²) >= 11 is 1.32. The maximum Gasteiger partial charge on any atom is 0.249 e. The number of benzene rings is 2. The Morgan fingerprint density at radius 2 is 1.90 bits per heavy atom. The number of ether oxygens (including phenoxy) is 1. The Morgan fingerprint density at radius 3 is 2.68 bits per heavy atom. The molecule has 8 heteroatoms. The van der Waals surface area contributed by atoms with Gasteiger partial charge in [0.15, 0.2) is 0 Å². The van der Waals surface area contributed by atoms with Crippen molar-refractivity contribution >= 4 is 28.3 Å². The molecule has 1 aromatic heterocycles. The maximum absolute atomic E-state index is 12.8. The number of nitrogens with one attached hydrogen (secondary N) is 1. The summed E-state index contributed by atoms with van der Waals surface area (Å²) in [7, 11) is 0. The van der Waals surface area contributed by atoms with Crippen molar-refractivity contribution in [2.45, 2.75) is 32.4 Å². The van der Waals surface area contributed by atoms with Crippen molar-refractivity contribution in [1.29, 1.82) is 0 Å². The first-order chi connectivity index (χ1) is 15.1. The second kappa shape index (κ2) is 9.80. The van der Waals surface area contributed by atoms with Crippen molar-refractivity contribution in [3.63, 3.8) is 0 Å². The fourth-order valence-electron chi connectivity index (χ4n) is 3.53. The summed E-state index contributed by atoms with van der Waals surface area (Å²) in [6.45, 7) is 2.89. The summed E-state index contributed by atoms with van der Waals surface area (Å²) in [5, 5.41) is 12.3. The van der Waals surface area contributed by atoms with Crippen LogP contribution in [0.2, 0.25) is 0 Å². The molecule has 1 fully saturated rings. The topological polar surface area (TPSA) is 84.4 Å². The largest absolute Gasteiger partial charge is 0.367 e. The van der Waals surface area contributed by atoms with Crippen LogP contribution in [0.1, 0.15) is 24.0 Å². The zero-order chi connectivity index (χ0) is 21.6. The number of aromatic nitrogens is 2.